The summed E-state index contributed by atoms with van der Waals surface area (Å²) >= 11 is 0. The molecule has 0 aliphatic carbocycles. The van der Waals surface area contributed by atoms with Gasteiger partial charge in [-0.15, -0.1) is 0 Å². The molecule has 3 aromatic carbocycles. The van der Waals surface area contributed by atoms with Crippen molar-refractivity contribution in [3.05, 3.63) is 101 Å². The lowest BCUT2D eigenvalue weighted by Crippen LogP contribution is -2.38. The van der Waals surface area contributed by atoms with E-state index in [4.69, 9.17) is 4.74 Å². The van der Waals surface area contributed by atoms with Crippen molar-refractivity contribution < 1.29 is 14.3 Å². The van der Waals surface area contributed by atoms with E-state index < -0.39 is 0 Å². The van der Waals surface area contributed by atoms with E-state index in [9.17, 15) is 9.59 Å². The van der Waals surface area contributed by atoms with Crippen molar-refractivity contribution in [2.24, 2.45) is 5.92 Å². The normalized spacial score (nSPS) is 17.5. The predicted molar refractivity (Wildman–Crippen MR) is 150 cm³/mol. The fraction of sp³-hybridized carbons (Fsp3) is 0.375. The SMILES string of the molecule is CCOCCCN1C(=O)c2ccccc2C1Nc1ccc(C(=O)N2CCC(Cc3ccccc3)CC2)cc1. The predicted octanol–water partition coefficient (Wildman–Crippen LogP) is 5.77. The summed E-state index contributed by atoms with van der Waals surface area (Å²) in [5, 5.41) is 3.53. The molecule has 2 heterocycles. The van der Waals surface area contributed by atoms with Crippen LogP contribution in [0.15, 0.2) is 78.9 Å². The first kappa shape index (κ1) is 26.0. The molecule has 0 saturated carbocycles. The topological polar surface area (TPSA) is 61.9 Å². The third kappa shape index (κ3) is 5.91. The number of carbonyl (C=O) groups is 2. The molecule has 1 unspecified atom stereocenters. The van der Waals surface area contributed by atoms with Crippen LogP contribution in [0.2, 0.25) is 0 Å². The van der Waals surface area contributed by atoms with Crippen LogP contribution < -0.4 is 5.32 Å². The van der Waals surface area contributed by atoms with Crippen LogP contribution in [0.1, 0.15) is 64.2 Å². The van der Waals surface area contributed by atoms with E-state index in [1.165, 1.54) is 5.56 Å². The number of anilines is 1. The lowest BCUT2D eigenvalue weighted by atomic mass is 9.90. The second-order valence-corrected chi connectivity index (χ2v) is 10.2. The molecule has 2 amide bonds. The van der Waals surface area contributed by atoms with Gasteiger partial charge in [-0.25, -0.2) is 0 Å². The van der Waals surface area contributed by atoms with Crippen molar-refractivity contribution in [1.82, 2.24) is 9.80 Å². The van der Waals surface area contributed by atoms with Gasteiger partial charge in [-0.1, -0.05) is 48.5 Å². The Morgan fingerprint density at radius 3 is 2.39 bits per heavy atom. The molecular weight excluding hydrogens is 474 g/mol. The lowest BCUT2D eigenvalue weighted by Gasteiger charge is -2.32. The molecule has 2 aliphatic heterocycles. The fourth-order valence-electron chi connectivity index (χ4n) is 5.57. The molecule has 0 radical (unpaired) electrons. The van der Waals surface area contributed by atoms with Crippen molar-refractivity contribution >= 4 is 17.5 Å². The van der Waals surface area contributed by atoms with Crippen molar-refractivity contribution in [3.63, 3.8) is 0 Å². The van der Waals surface area contributed by atoms with Crippen LogP contribution in [0.3, 0.4) is 0 Å². The van der Waals surface area contributed by atoms with Crippen molar-refractivity contribution in [3.8, 4) is 0 Å². The molecule has 0 aromatic heterocycles. The maximum atomic E-state index is 13.2. The monoisotopic (exact) mass is 511 g/mol. The van der Waals surface area contributed by atoms with Gasteiger partial charge >= 0.3 is 0 Å². The van der Waals surface area contributed by atoms with Crippen LogP contribution >= 0.6 is 0 Å². The Morgan fingerprint density at radius 1 is 0.947 bits per heavy atom. The first-order valence-corrected chi connectivity index (χ1v) is 13.8. The van der Waals surface area contributed by atoms with E-state index in [0.717, 1.165) is 55.6 Å². The number of likely N-dealkylation sites (tertiary alicyclic amines) is 1. The van der Waals surface area contributed by atoms with Crippen LogP contribution in [0, 0.1) is 5.92 Å². The third-order valence-corrected chi connectivity index (χ3v) is 7.65. The number of carbonyl (C=O) groups excluding carboxylic acids is 2. The minimum absolute atomic E-state index is 0.0389. The molecule has 1 N–H and O–H groups in total. The number of hydrogen-bond acceptors (Lipinski definition) is 4. The van der Waals surface area contributed by atoms with E-state index in [1.54, 1.807) is 0 Å². The molecule has 38 heavy (non-hydrogen) atoms. The largest absolute Gasteiger partial charge is 0.382 e. The molecule has 0 bridgehead atoms. The molecule has 6 heteroatoms. The van der Waals surface area contributed by atoms with Gasteiger partial charge in [0.05, 0.1) is 0 Å². The molecule has 3 aromatic rings. The highest BCUT2D eigenvalue weighted by Crippen LogP contribution is 2.34. The summed E-state index contributed by atoms with van der Waals surface area (Å²) in [5.41, 5.74) is 4.68. The second kappa shape index (κ2) is 12.3. The summed E-state index contributed by atoms with van der Waals surface area (Å²) in [6.45, 7) is 5.49. The quantitative estimate of drug-likeness (QED) is 0.351. The summed E-state index contributed by atoms with van der Waals surface area (Å²) < 4.78 is 5.48. The van der Waals surface area contributed by atoms with Gasteiger partial charge in [-0.3, -0.25) is 9.59 Å². The second-order valence-electron chi connectivity index (χ2n) is 10.2. The Balaban J connectivity index is 1.20. The Morgan fingerprint density at radius 2 is 1.66 bits per heavy atom. The van der Waals surface area contributed by atoms with Gasteiger partial charge in [0.15, 0.2) is 0 Å². The van der Waals surface area contributed by atoms with Gasteiger partial charge in [0, 0.05) is 55.2 Å². The first-order chi connectivity index (χ1) is 18.6. The van der Waals surface area contributed by atoms with Gasteiger partial charge < -0.3 is 19.9 Å². The average Bonchev–Trinajstić information content (AvgIpc) is 3.22. The van der Waals surface area contributed by atoms with Gasteiger partial charge in [-0.2, -0.15) is 0 Å². The zero-order valence-corrected chi connectivity index (χ0v) is 22.1. The highest BCUT2D eigenvalue weighted by Gasteiger charge is 2.36. The van der Waals surface area contributed by atoms with Crippen LogP contribution in [-0.2, 0) is 11.2 Å². The summed E-state index contributed by atoms with van der Waals surface area (Å²) in [7, 11) is 0. The van der Waals surface area contributed by atoms with E-state index >= 15 is 0 Å². The Hall–Kier alpha value is -3.64. The minimum atomic E-state index is -0.245. The van der Waals surface area contributed by atoms with Crippen LogP contribution in [0.5, 0.6) is 0 Å². The molecule has 6 nitrogen and oxygen atoms in total. The van der Waals surface area contributed by atoms with Crippen LogP contribution in [0.4, 0.5) is 5.69 Å². The number of nitrogens with zero attached hydrogens (tertiary/aromatic N) is 2. The molecule has 1 saturated heterocycles. The molecule has 1 fully saturated rings. The van der Waals surface area contributed by atoms with Gasteiger partial charge in [0.2, 0.25) is 0 Å². The lowest BCUT2D eigenvalue weighted by molar-refractivity contribution is 0.0688. The first-order valence-electron chi connectivity index (χ1n) is 13.8. The smallest absolute Gasteiger partial charge is 0.256 e. The highest BCUT2D eigenvalue weighted by atomic mass is 16.5. The summed E-state index contributed by atoms with van der Waals surface area (Å²) in [5.74, 6) is 0.757. The fourth-order valence-corrected chi connectivity index (χ4v) is 5.57. The van der Waals surface area contributed by atoms with Gasteiger partial charge in [0.1, 0.15) is 6.17 Å². The number of hydrogen-bond donors (Lipinski definition) is 1. The maximum absolute atomic E-state index is 13.2. The van der Waals surface area contributed by atoms with E-state index in [0.29, 0.717) is 31.2 Å². The molecule has 2 aliphatic rings. The van der Waals surface area contributed by atoms with E-state index in [-0.39, 0.29) is 18.0 Å². The van der Waals surface area contributed by atoms with Gasteiger partial charge in [-0.05, 0) is 74.4 Å². The average molecular weight is 512 g/mol. The summed E-state index contributed by atoms with van der Waals surface area (Å²) in [4.78, 5) is 30.2. The van der Waals surface area contributed by atoms with Crippen LogP contribution in [0.25, 0.3) is 0 Å². The standard InChI is InChI=1S/C32H37N3O3/c1-2-38-22-8-19-35-30(28-11-6-7-12-29(28)32(35)37)33-27-15-13-26(14-16-27)31(36)34-20-17-25(18-21-34)23-24-9-4-3-5-10-24/h3-7,9-16,25,30,33H,2,8,17-23H2,1H3. The Labute approximate surface area is 225 Å². The summed E-state index contributed by atoms with van der Waals surface area (Å²) in [6.07, 6.45) is 3.69. The Bertz CT molecular complexity index is 1220. The Kier molecular flexibility index (Phi) is 8.39. The number of piperidine rings is 1. The zero-order valence-electron chi connectivity index (χ0n) is 22.1. The van der Waals surface area contributed by atoms with Crippen molar-refractivity contribution in [1.29, 1.82) is 0 Å². The maximum Gasteiger partial charge on any atom is 0.256 e. The number of rotatable bonds is 10. The van der Waals surface area contributed by atoms with Crippen molar-refractivity contribution in [2.45, 2.75) is 38.8 Å². The molecule has 198 valence electrons. The van der Waals surface area contributed by atoms with Crippen molar-refractivity contribution in [2.75, 3.05) is 38.2 Å². The van der Waals surface area contributed by atoms with Gasteiger partial charge in [0.25, 0.3) is 11.8 Å². The van der Waals surface area contributed by atoms with E-state index in [2.05, 4.69) is 35.6 Å². The molecule has 1 atom stereocenters. The molecule has 0 spiro atoms. The minimum Gasteiger partial charge on any atom is -0.382 e. The summed E-state index contributed by atoms with van der Waals surface area (Å²) in [6, 6.07) is 26.1. The number of fused-ring (bicyclic) bond motifs is 1. The van der Waals surface area contributed by atoms with E-state index in [1.807, 2.05) is 65.3 Å². The third-order valence-electron chi connectivity index (χ3n) is 7.65. The number of benzene rings is 3. The molecular formula is C32H37N3O3. The number of amides is 2. The molecule has 5 rings (SSSR count). The zero-order chi connectivity index (χ0) is 26.3. The number of nitrogens with one attached hydrogen (secondary N) is 1. The van der Waals surface area contributed by atoms with Crippen LogP contribution in [-0.4, -0.2) is 54.5 Å². The highest BCUT2D eigenvalue weighted by molar-refractivity contribution is 5.99. The number of ether oxygens (including phenoxy) is 1.